The maximum absolute atomic E-state index is 3.22. The van der Waals surface area contributed by atoms with Gasteiger partial charge in [0, 0.05) is 55.7 Å². The Morgan fingerprint density at radius 1 is 0.714 bits per heavy atom. The van der Waals surface area contributed by atoms with Gasteiger partial charge in [-0.3, -0.25) is 0 Å². The summed E-state index contributed by atoms with van der Waals surface area (Å²) in [5.41, 5.74) is 0. The molecule has 1 aliphatic heterocycles. The zero-order chi connectivity index (χ0) is 4.24. The molecule has 0 aromatic heterocycles. The summed E-state index contributed by atoms with van der Waals surface area (Å²) in [6.45, 7) is 4.56. The van der Waals surface area contributed by atoms with Crippen LogP contribution in [0, 0.1) is 0 Å². The molecule has 0 unspecified atom stereocenters. The maximum atomic E-state index is 3.22. The minimum Gasteiger partial charge on any atom is -0.314 e. The molecule has 0 amide bonds. The second-order valence-corrected chi connectivity index (χ2v) is 1.50. The van der Waals surface area contributed by atoms with Gasteiger partial charge in [0.15, 0.2) is 0 Å². The number of piperazine rings is 1. The van der Waals surface area contributed by atoms with Gasteiger partial charge in [0.1, 0.15) is 0 Å². The third-order valence-corrected chi connectivity index (χ3v) is 0.957. The summed E-state index contributed by atoms with van der Waals surface area (Å²) in [5.74, 6) is 0. The van der Waals surface area contributed by atoms with Gasteiger partial charge in [-0.25, -0.2) is 0 Å². The summed E-state index contributed by atoms with van der Waals surface area (Å²) in [5, 5.41) is 6.44. The quantitative estimate of drug-likeness (QED) is 0.382. The van der Waals surface area contributed by atoms with Crippen LogP contribution in [-0.2, 0) is 0 Å². The summed E-state index contributed by atoms with van der Waals surface area (Å²) in [7, 11) is 0. The molecule has 37 valence electrons. The molecule has 7 heavy (non-hydrogen) atoms. The molecule has 2 N–H and O–H groups in total. The molecule has 1 aliphatic rings. The van der Waals surface area contributed by atoms with Crippen molar-refractivity contribution in [2.45, 2.75) is 0 Å². The van der Waals surface area contributed by atoms with Crippen LogP contribution in [0.15, 0.2) is 0 Å². The smallest absolute Gasteiger partial charge is 0.00772 e. The van der Waals surface area contributed by atoms with Crippen LogP contribution in [-0.4, -0.2) is 55.7 Å². The summed E-state index contributed by atoms with van der Waals surface area (Å²) < 4.78 is 0. The van der Waals surface area contributed by atoms with E-state index in [1.54, 1.807) is 0 Å². The molecule has 0 aromatic carbocycles. The molecule has 0 aromatic rings. The largest absolute Gasteiger partial charge is 0.314 e. The van der Waals surface area contributed by atoms with E-state index < -0.39 is 0 Å². The van der Waals surface area contributed by atoms with Crippen molar-refractivity contribution < 1.29 is 0 Å². The Morgan fingerprint density at radius 2 is 1.00 bits per heavy atom. The van der Waals surface area contributed by atoms with Gasteiger partial charge in [0.25, 0.3) is 0 Å². The zero-order valence-electron chi connectivity index (χ0n) is 4.83. The van der Waals surface area contributed by atoms with Gasteiger partial charge >= 0.3 is 0 Å². The van der Waals surface area contributed by atoms with Gasteiger partial charge in [0.2, 0.25) is 0 Å². The molecular weight excluding hydrogens is 99.0 g/mol. The van der Waals surface area contributed by atoms with Gasteiger partial charge < -0.3 is 10.6 Å². The minimum absolute atomic E-state index is 0. The van der Waals surface area contributed by atoms with E-state index in [4.69, 9.17) is 0 Å². The summed E-state index contributed by atoms with van der Waals surface area (Å²) in [6, 6.07) is 0. The summed E-state index contributed by atoms with van der Waals surface area (Å²) in [6.07, 6.45) is 0. The van der Waals surface area contributed by atoms with E-state index in [1.807, 2.05) is 0 Å². The fraction of sp³-hybridized carbons (Fsp3) is 1.00. The van der Waals surface area contributed by atoms with Crippen LogP contribution in [0.1, 0.15) is 0 Å². The Kier molecular flexibility index (Phi) is 5.73. The molecule has 1 rings (SSSR count). The van der Waals surface area contributed by atoms with E-state index in [0.29, 0.717) is 0 Å². The van der Waals surface area contributed by atoms with Crippen molar-refractivity contribution in [1.82, 2.24) is 10.6 Å². The Morgan fingerprint density at radius 3 is 1.14 bits per heavy atom. The van der Waals surface area contributed by atoms with Crippen LogP contribution in [0.2, 0.25) is 0 Å². The Hall–Kier alpha value is 0.920. The molecule has 1 heterocycles. The van der Waals surface area contributed by atoms with Crippen molar-refractivity contribution >= 4 is 29.6 Å². The molecule has 0 saturated carbocycles. The first-order chi connectivity index (χ1) is 3.00. The fourth-order valence-corrected chi connectivity index (χ4v) is 0.604. The van der Waals surface area contributed by atoms with Crippen LogP contribution in [0.5, 0.6) is 0 Å². The first-order valence-electron chi connectivity index (χ1n) is 2.41. The standard InChI is InChI=1S/C4H10N2.Na/c1-2-6-4-3-5-1;/h5-6H,1-4H2;. The molecule has 0 atom stereocenters. The fourth-order valence-electron chi connectivity index (χ4n) is 0.604. The van der Waals surface area contributed by atoms with Crippen molar-refractivity contribution in [3.63, 3.8) is 0 Å². The van der Waals surface area contributed by atoms with E-state index in [0.717, 1.165) is 26.2 Å². The van der Waals surface area contributed by atoms with Crippen LogP contribution in [0.3, 0.4) is 0 Å². The van der Waals surface area contributed by atoms with E-state index in [9.17, 15) is 0 Å². The van der Waals surface area contributed by atoms with Crippen molar-refractivity contribution in [1.29, 1.82) is 0 Å². The Labute approximate surface area is 66.3 Å². The van der Waals surface area contributed by atoms with E-state index in [-0.39, 0.29) is 29.6 Å². The van der Waals surface area contributed by atoms with Crippen LogP contribution in [0.25, 0.3) is 0 Å². The van der Waals surface area contributed by atoms with Gasteiger partial charge in [-0.05, 0) is 0 Å². The number of hydrogen-bond donors (Lipinski definition) is 2. The summed E-state index contributed by atoms with van der Waals surface area (Å²) in [4.78, 5) is 0. The van der Waals surface area contributed by atoms with E-state index >= 15 is 0 Å². The average molecular weight is 109 g/mol. The van der Waals surface area contributed by atoms with Crippen molar-refractivity contribution in [2.75, 3.05) is 26.2 Å². The molecule has 0 bridgehead atoms. The molecule has 1 radical (unpaired) electrons. The first-order valence-corrected chi connectivity index (χ1v) is 2.41. The number of rotatable bonds is 0. The van der Waals surface area contributed by atoms with Gasteiger partial charge in [-0.2, -0.15) is 0 Å². The Balaban J connectivity index is 0.000000360. The topological polar surface area (TPSA) is 24.1 Å². The molecule has 0 aliphatic carbocycles. The first kappa shape index (κ1) is 7.92. The summed E-state index contributed by atoms with van der Waals surface area (Å²) >= 11 is 0. The second kappa shape index (κ2) is 5.06. The SMILES string of the molecule is C1CNCCN1.[Na]. The molecule has 0 spiro atoms. The van der Waals surface area contributed by atoms with E-state index in [1.165, 1.54) is 0 Å². The number of hydrogen-bond acceptors (Lipinski definition) is 2. The van der Waals surface area contributed by atoms with Gasteiger partial charge in [-0.1, -0.05) is 0 Å². The molecule has 2 nitrogen and oxygen atoms in total. The van der Waals surface area contributed by atoms with Crippen LogP contribution in [0.4, 0.5) is 0 Å². The van der Waals surface area contributed by atoms with Crippen LogP contribution < -0.4 is 10.6 Å². The van der Waals surface area contributed by atoms with Crippen LogP contribution >= 0.6 is 0 Å². The molecule has 1 fully saturated rings. The van der Waals surface area contributed by atoms with Crippen molar-refractivity contribution in [2.24, 2.45) is 0 Å². The second-order valence-electron chi connectivity index (χ2n) is 1.50. The normalized spacial score (nSPS) is 20.6. The average Bonchev–Trinajstić information content (AvgIpc) is 1.72. The predicted octanol–water partition coefficient (Wildman–Crippen LogP) is -1.20. The van der Waals surface area contributed by atoms with E-state index in [2.05, 4.69) is 10.6 Å². The molecule has 3 heteroatoms. The predicted molar refractivity (Wildman–Crippen MR) is 31.5 cm³/mol. The van der Waals surface area contributed by atoms with Crippen molar-refractivity contribution in [3.8, 4) is 0 Å². The zero-order valence-corrected chi connectivity index (χ0v) is 6.83. The van der Waals surface area contributed by atoms with Crippen molar-refractivity contribution in [3.05, 3.63) is 0 Å². The third-order valence-electron chi connectivity index (χ3n) is 0.957. The molecule has 1 saturated heterocycles. The minimum atomic E-state index is 0. The van der Waals surface area contributed by atoms with Gasteiger partial charge in [-0.15, -0.1) is 0 Å². The van der Waals surface area contributed by atoms with Gasteiger partial charge in [0.05, 0.1) is 0 Å². The monoisotopic (exact) mass is 109 g/mol. The Bertz CT molecular complexity index is 25.2. The number of nitrogens with one attached hydrogen (secondary N) is 2. The molecular formula is C4H10N2Na. The maximum Gasteiger partial charge on any atom is 0.00772 e. The third kappa shape index (κ3) is 3.50.